The van der Waals surface area contributed by atoms with E-state index in [1.54, 1.807) is 19.4 Å². The number of amides is 2. The molecule has 0 aromatic carbocycles. The molecular weight excluding hydrogens is 320 g/mol. The van der Waals surface area contributed by atoms with E-state index in [-0.39, 0.29) is 12.1 Å². The maximum atomic E-state index is 12.8. The third-order valence-corrected chi connectivity index (χ3v) is 4.40. The van der Waals surface area contributed by atoms with Crippen molar-refractivity contribution < 1.29 is 9.53 Å². The summed E-state index contributed by atoms with van der Waals surface area (Å²) in [5, 5.41) is 2.88. The molecule has 134 valence electrons. The summed E-state index contributed by atoms with van der Waals surface area (Å²) in [6.07, 6.45) is 8.20. The first kappa shape index (κ1) is 17.3. The van der Waals surface area contributed by atoms with Crippen molar-refractivity contribution in [1.29, 1.82) is 0 Å². The topological polar surface area (TPSA) is 85.2 Å². The highest BCUT2D eigenvalue weighted by atomic mass is 16.5. The number of rotatable bonds is 5. The molecule has 2 amide bonds. The third-order valence-electron chi connectivity index (χ3n) is 4.40. The van der Waals surface area contributed by atoms with Gasteiger partial charge in [-0.2, -0.15) is 0 Å². The molecule has 25 heavy (non-hydrogen) atoms. The van der Waals surface area contributed by atoms with Crippen molar-refractivity contribution in [2.75, 3.05) is 19.0 Å². The van der Waals surface area contributed by atoms with Crippen molar-refractivity contribution in [2.24, 2.45) is 0 Å². The number of carbonyl (C=O) groups is 1. The predicted octanol–water partition coefficient (Wildman–Crippen LogP) is 2.60. The average Bonchev–Trinajstić information content (AvgIpc) is 3.11. The molecule has 8 heteroatoms. The van der Waals surface area contributed by atoms with Crippen LogP contribution in [0.5, 0.6) is 0 Å². The van der Waals surface area contributed by atoms with E-state index in [2.05, 4.69) is 31.8 Å². The number of urea groups is 1. The average molecular weight is 344 g/mol. The highest BCUT2D eigenvalue weighted by Crippen LogP contribution is 2.30. The molecule has 3 rings (SSSR count). The van der Waals surface area contributed by atoms with E-state index in [1.165, 1.54) is 6.33 Å². The lowest BCUT2D eigenvalue weighted by Crippen LogP contribution is -2.42. The van der Waals surface area contributed by atoms with Gasteiger partial charge in [0.05, 0.1) is 18.3 Å². The Bertz CT molecular complexity index is 717. The molecular formula is C17H24N6O2. The Labute approximate surface area is 147 Å². The summed E-state index contributed by atoms with van der Waals surface area (Å²) in [6.45, 7) is 4.01. The van der Waals surface area contributed by atoms with Crippen LogP contribution < -0.4 is 5.32 Å². The van der Waals surface area contributed by atoms with E-state index in [0.29, 0.717) is 19.0 Å². The molecule has 1 saturated heterocycles. The second-order valence-corrected chi connectivity index (χ2v) is 6.03. The molecule has 0 aliphatic carbocycles. The molecule has 2 aromatic heterocycles. The second-order valence-electron chi connectivity index (χ2n) is 6.03. The molecule has 2 aromatic rings. The summed E-state index contributed by atoms with van der Waals surface area (Å²) in [7, 11) is 1.61. The summed E-state index contributed by atoms with van der Waals surface area (Å²) >= 11 is 0. The van der Waals surface area contributed by atoms with Crippen LogP contribution in [0.2, 0.25) is 0 Å². The van der Waals surface area contributed by atoms with Crippen LogP contribution in [0.4, 0.5) is 10.6 Å². The van der Waals surface area contributed by atoms with Crippen molar-refractivity contribution in [1.82, 2.24) is 24.4 Å². The lowest BCUT2D eigenvalue weighted by molar-refractivity contribution is 0.157. The van der Waals surface area contributed by atoms with Gasteiger partial charge in [0.15, 0.2) is 0 Å². The normalized spacial score (nSPS) is 17.5. The molecule has 1 aliphatic heterocycles. The van der Waals surface area contributed by atoms with E-state index in [1.807, 2.05) is 11.1 Å². The lowest BCUT2D eigenvalue weighted by atomic mass is 10.0. The van der Waals surface area contributed by atoms with E-state index >= 15 is 0 Å². The molecule has 0 unspecified atom stereocenters. The summed E-state index contributed by atoms with van der Waals surface area (Å²) in [5.41, 5.74) is 0.726. The molecule has 1 N–H and O–H groups in total. The van der Waals surface area contributed by atoms with Gasteiger partial charge in [-0.15, -0.1) is 0 Å². The number of nitrogens with one attached hydrogen (secondary N) is 1. The van der Waals surface area contributed by atoms with Crippen LogP contribution in [-0.4, -0.2) is 44.1 Å². The zero-order valence-corrected chi connectivity index (χ0v) is 14.7. The Morgan fingerprint density at radius 2 is 2.24 bits per heavy atom. The van der Waals surface area contributed by atoms with Crippen LogP contribution in [-0.2, 0) is 17.9 Å². The molecule has 8 nitrogen and oxygen atoms in total. The van der Waals surface area contributed by atoms with Crippen molar-refractivity contribution in [3.8, 4) is 0 Å². The highest BCUT2D eigenvalue weighted by molar-refractivity contribution is 5.88. The monoisotopic (exact) mass is 344 g/mol. The first-order valence-corrected chi connectivity index (χ1v) is 8.61. The Hall–Kier alpha value is -2.48. The van der Waals surface area contributed by atoms with Gasteiger partial charge in [0.25, 0.3) is 0 Å². The molecule has 3 heterocycles. The van der Waals surface area contributed by atoms with Gasteiger partial charge in [0.1, 0.15) is 18.0 Å². The molecule has 1 atom stereocenters. The van der Waals surface area contributed by atoms with Crippen LogP contribution in [0, 0.1) is 0 Å². The first-order chi connectivity index (χ1) is 12.2. The van der Waals surface area contributed by atoms with Crippen LogP contribution in [0.1, 0.15) is 43.7 Å². The maximum Gasteiger partial charge on any atom is 0.323 e. The first-order valence-electron chi connectivity index (χ1n) is 8.61. The fraction of sp³-hybridized carbons (Fsp3) is 0.529. The number of hydrogen-bond acceptors (Lipinski definition) is 5. The quantitative estimate of drug-likeness (QED) is 0.901. The van der Waals surface area contributed by atoms with Crippen LogP contribution in [0.25, 0.3) is 0 Å². The van der Waals surface area contributed by atoms with Crippen molar-refractivity contribution in [3.05, 3.63) is 36.3 Å². The third kappa shape index (κ3) is 3.96. The van der Waals surface area contributed by atoms with Crippen molar-refractivity contribution >= 4 is 11.8 Å². The van der Waals surface area contributed by atoms with Crippen molar-refractivity contribution in [3.63, 3.8) is 0 Å². The minimum atomic E-state index is -0.155. The number of methoxy groups -OCH3 is 1. The predicted molar refractivity (Wildman–Crippen MR) is 93.0 cm³/mol. The Kier molecular flexibility index (Phi) is 5.60. The number of hydrogen-bond donors (Lipinski definition) is 1. The van der Waals surface area contributed by atoms with Gasteiger partial charge in [0.2, 0.25) is 0 Å². The van der Waals surface area contributed by atoms with E-state index < -0.39 is 0 Å². The van der Waals surface area contributed by atoms with Crippen LogP contribution >= 0.6 is 0 Å². The summed E-state index contributed by atoms with van der Waals surface area (Å²) in [4.78, 5) is 27.4. The summed E-state index contributed by atoms with van der Waals surface area (Å²) in [6, 6.07) is 1.56. The van der Waals surface area contributed by atoms with Gasteiger partial charge in [-0.3, -0.25) is 5.32 Å². The molecule has 0 bridgehead atoms. The molecule has 1 fully saturated rings. The number of likely N-dealkylation sites (tertiary alicyclic amines) is 1. The number of imidazole rings is 1. The number of piperidine rings is 1. The maximum absolute atomic E-state index is 12.8. The zero-order valence-electron chi connectivity index (χ0n) is 14.7. The second kappa shape index (κ2) is 8.06. The van der Waals surface area contributed by atoms with Gasteiger partial charge in [-0.25, -0.2) is 19.7 Å². The number of carbonyl (C=O) groups excluding carboxylic acids is 1. The minimum absolute atomic E-state index is 0.0102. The molecule has 0 spiro atoms. The molecule has 1 aliphatic rings. The SMILES string of the molecule is CCn1ccnc1[C@@H]1CCCCN1C(=O)Nc1cc(COC)ncn1. The van der Waals surface area contributed by atoms with E-state index in [0.717, 1.165) is 37.3 Å². The fourth-order valence-corrected chi connectivity index (χ4v) is 3.20. The lowest BCUT2D eigenvalue weighted by Gasteiger charge is -2.35. The smallest absolute Gasteiger partial charge is 0.323 e. The number of nitrogens with zero attached hydrogens (tertiary/aromatic N) is 5. The van der Waals surface area contributed by atoms with Gasteiger partial charge in [-0.05, 0) is 26.2 Å². The number of aryl methyl sites for hydroxylation is 1. The minimum Gasteiger partial charge on any atom is -0.378 e. The Balaban J connectivity index is 1.76. The number of ether oxygens (including phenoxy) is 1. The van der Waals surface area contributed by atoms with E-state index in [4.69, 9.17) is 4.74 Å². The number of anilines is 1. The standard InChI is InChI=1S/C17H24N6O2/c1-3-22-9-7-18-16(22)14-6-4-5-8-23(14)17(24)21-15-10-13(11-25-2)19-12-20-15/h7,9-10,12,14H,3-6,8,11H2,1-2H3,(H,19,20,21,24)/t14-/m0/s1. The Morgan fingerprint density at radius 3 is 3.04 bits per heavy atom. The van der Waals surface area contributed by atoms with Crippen molar-refractivity contribution in [2.45, 2.75) is 45.4 Å². The fourth-order valence-electron chi connectivity index (χ4n) is 3.20. The van der Waals surface area contributed by atoms with Gasteiger partial charge in [0, 0.05) is 38.7 Å². The van der Waals surface area contributed by atoms with Crippen LogP contribution in [0.3, 0.4) is 0 Å². The zero-order chi connectivity index (χ0) is 17.6. The highest BCUT2D eigenvalue weighted by Gasteiger charge is 2.31. The largest absolute Gasteiger partial charge is 0.378 e. The van der Waals surface area contributed by atoms with E-state index in [9.17, 15) is 4.79 Å². The van der Waals surface area contributed by atoms with Gasteiger partial charge < -0.3 is 14.2 Å². The molecule has 0 saturated carbocycles. The summed E-state index contributed by atoms with van der Waals surface area (Å²) in [5.74, 6) is 1.43. The molecule has 0 radical (unpaired) electrons. The van der Waals surface area contributed by atoms with Gasteiger partial charge in [-0.1, -0.05) is 0 Å². The van der Waals surface area contributed by atoms with Gasteiger partial charge >= 0.3 is 6.03 Å². The Morgan fingerprint density at radius 1 is 1.36 bits per heavy atom. The van der Waals surface area contributed by atoms with Crippen LogP contribution in [0.15, 0.2) is 24.8 Å². The summed E-state index contributed by atoms with van der Waals surface area (Å²) < 4.78 is 7.17. The number of aromatic nitrogens is 4.